The van der Waals surface area contributed by atoms with Crippen molar-refractivity contribution in [3.8, 4) is 17.2 Å². The minimum absolute atomic E-state index is 0.266. The predicted octanol–water partition coefficient (Wildman–Crippen LogP) is 3.57. The number of anilines is 1. The molecule has 8 heteroatoms. The van der Waals surface area contributed by atoms with Gasteiger partial charge in [0.15, 0.2) is 5.75 Å². The number of hydrogen-bond donors (Lipinski definition) is 1. The first-order valence-corrected chi connectivity index (χ1v) is 11.4. The molecular weight excluding hydrogens is 416 g/mol. The summed E-state index contributed by atoms with van der Waals surface area (Å²) in [6.07, 6.45) is 1.06. The van der Waals surface area contributed by atoms with Crippen LogP contribution in [0.4, 0.5) is 5.69 Å². The molecule has 0 atom stereocenters. The van der Waals surface area contributed by atoms with E-state index in [9.17, 15) is 13.2 Å². The first-order chi connectivity index (χ1) is 14.9. The van der Waals surface area contributed by atoms with Crippen molar-refractivity contribution >= 4 is 21.6 Å². The highest BCUT2D eigenvalue weighted by Gasteiger charge is 2.24. The maximum Gasteiger partial charge on any atom is 0.241 e. The Morgan fingerprint density at radius 1 is 0.903 bits per heavy atom. The second-order valence-electron chi connectivity index (χ2n) is 6.78. The van der Waals surface area contributed by atoms with Crippen molar-refractivity contribution in [3.63, 3.8) is 0 Å². The molecule has 0 aliphatic heterocycles. The number of nitrogens with one attached hydrogen (secondary N) is 1. The van der Waals surface area contributed by atoms with Crippen molar-refractivity contribution < 1.29 is 22.7 Å². The number of benzene rings is 3. The molecule has 0 bridgehead atoms. The fourth-order valence-electron chi connectivity index (χ4n) is 2.88. The van der Waals surface area contributed by atoms with Gasteiger partial charge in [-0.3, -0.25) is 9.10 Å². The first-order valence-electron chi connectivity index (χ1n) is 9.56. The van der Waals surface area contributed by atoms with E-state index in [0.717, 1.165) is 16.1 Å². The van der Waals surface area contributed by atoms with Gasteiger partial charge in [0, 0.05) is 6.54 Å². The van der Waals surface area contributed by atoms with Crippen LogP contribution < -0.4 is 19.1 Å². The Bertz CT molecular complexity index is 1120. The smallest absolute Gasteiger partial charge is 0.241 e. The lowest BCUT2D eigenvalue weighted by Crippen LogP contribution is -2.40. The topological polar surface area (TPSA) is 84.9 Å². The third-order valence-corrected chi connectivity index (χ3v) is 5.57. The zero-order chi connectivity index (χ0) is 22.3. The van der Waals surface area contributed by atoms with Crippen molar-refractivity contribution in [3.05, 3.63) is 84.4 Å². The van der Waals surface area contributed by atoms with E-state index >= 15 is 0 Å². The van der Waals surface area contributed by atoms with Gasteiger partial charge in [-0.25, -0.2) is 8.42 Å². The summed E-state index contributed by atoms with van der Waals surface area (Å²) in [6, 6.07) is 23.0. The molecule has 0 saturated heterocycles. The molecule has 31 heavy (non-hydrogen) atoms. The van der Waals surface area contributed by atoms with Crippen molar-refractivity contribution in [1.29, 1.82) is 0 Å². The van der Waals surface area contributed by atoms with Crippen LogP contribution >= 0.6 is 0 Å². The number of methoxy groups -OCH3 is 1. The number of hydrogen-bond acceptors (Lipinski definition) is 5. The lowest BCUT2D eigenvalue weighted by molar-refractivity contribution is -0.119. The molecule has 0 fully saturated rings. The van der Waals surface area contributed by atoms with Crippen molar-refractivity contribution in [2.45, 2.75) is 6.54 Å². The maximum absolute atomic E-state index is 12.6. The number of ether oxygens (including phenoxy) is 2. The van der Waals surface area contributed by atoms with Gasteiger partial charge < -0.3 is 14.8 Å². The van der Waals surface area contributed by atoms with E-state index in [1.807, 2.05) is 30.3 Å². The normalized spacial score (nSPS) is 10.9. The second-order valence-corrected chi connectivity index (χ2v) is 8.68. The Kier molecular flexibility index (Phi) is 7.15. The van der Waals surface area contributed by atoms with Crippen molar-refractivity contribution in [2.75, 3.05) is 24.2 Å². The Morgan fingerprint density at radius 3 is 2.19 bits per heavy atom. The molecule has 0 aliphatic carbocycles. The lowest BCUT2D eigenvalue weighted by Gasteiger charge is -2.24. The molecule has 0 unspecified atom stereocenters. The Morgan fingerprint density at radius 2 is 1.55 bits per heavy atom. The summed E-state index contributed by atoms with van der Waals surface area (Å²) < 4.78 is 37.0. The molecular formula is C23H24N2O5S. The van der Waals surface area contributed by atoms with Crippen LogP contribution in [0.15, 0.2) is 78.9 Å². The van der Waals surface area contributed by atoms with Gasteiger partial charge in [-0.1, -0.05) is 42.5 Å². The largest absolute Gasteiger partial charge is 0.497 e. The molecule has 7 nitrogen and oxygen atoms in total. The molecule has 1 amide bonds. The van der Waals surface area contributed by atoms with Crippen LogP contribution in [0.1, 0.15) is 5.56 Å². The van der Waals surface area contributed by atoms with Crippen LogP contribution in [-0.2, 0) is 21.4 Å². The Labute approximate surface area is 182 Å². The molecule has 0 aliphatic rings. The van der Waals surface area contributed by atoms with Gasteiger partial charge >= 0.3 is 0 Å². The van der Waals surface area contributed by atoms with Gasteiger partial charge in [-0.2, -0.15) is 0 Å². The molecule has 162 valence electrons. The minimum Gasteiger partial charge on any atom is -0.497 e. The average Bonchev–Trinajstić information content (AvgIpc) is 2.77. The molecule has 0 heterocycles. The number of carbonyl (C=O) groups excluding carboxylic acids is 1. The number of amides is 1. The summed E-state index contributed by atoms with van der Waals surface area (Å²) in [5.74, 6) is 1.18. The minimum atomic E-state index is -3.74. The highest BCUT2D eigenvalue weighted by Crippen LogP contribution is 2.33. The number of rotatable bonds is 9. The predicted molar refractivity (Wildman–Crippen MR) is 120 cm³/mol. The van der Waals surface area contributed by atoms with E-state index in [4.69, 9.17) is 9.47 Å². The zero-order valence-corrected chi connectivity index (χ0v) is 18.1. The fourth-order valence-corrected chi connectivity index (χ4v) is 3.74. The van der Waals surface area contributed by atoms with Gasteiger partial charge in [-0.15, -0.1) is 0 Å². The van der Waals surface area contributed by atoms with Gasteiger partial charge in [0.25, 0.3) is 0 Å². The van der Waals surface area contributed by atoms with Gasteiger partial charge in [0.2, 0.25) is 15.9 Å². The molecule has 3 rings (SSSR count). The maximum atomic E-state index is 12.6. The standard InChI is InChI=1S/C23H24N2O5S/c1-29-19-14-12-18(13-15-19)16-24-23(26)17-25(31(2,27)28)21-10-6-7-11-22(21)30-20-8-4-3-5-9-20/h3-15H,16-17H2,1-2H3,(H,24,26). The average molecular weight is 441 g/mol. The number of para-hydroxylation sites is 3. The molecule has 0 aromatic heterocycles. The number of sulfonamides is 1. The quantitative estimate of drug-likeness (QED) is 0.550. The molecule has 3 aromatic rings. The lowest BCUT2D eigenvalue weighted by atomic mass is 10.2. The van der Waals surface area contributed by atoms with Crippen LogP contribution in [0.3, 0.4) is 0 Å². The highest BCUT2D eigenvalue weighted by molar-refractivity contribution is 7.92. The Balaban J connectivity index is 1.75. The van der Waals surface area contributed by atoms with E-state index in [-0.39, 0.29) is 18.8 Å². The molecule has 0 saturated carbocycles. The third kappa shape index (κ3) is 6.23. The molecule has 1 N–H and O–H groups in total. The van der Waals surface area contributed by atoms with E-state index in [1.165, 1.54) is 0 Å². The van der Waals surface area contributed by atoms with E-state index in [1.54, 1.807) is 55.6 Å². The van der Waals surface area contributed by atoms with Crippen molar-refractivity contribution in [1.82, 2.24) is 5.32 Å². The SMILES string of the molecule is COc1ccc(CNC(=O)CN(c2ccccc2Oc2ccccc2)S(C)(=O)=O)cc1. The van der Waals surface area contributed by atoms with E-state index in [2.05, 4.69) is 5.32 Å². The Hall–Kier alpha value is -3.52. The van der Waals surface area contributed by atoms with Gasteiger partial charge in [0.05, 0.1) is 19.1 Å². The fraction of sp³-hybridized carbons (Fsp3) is 0.174. The summed E-state index contributed by atoms with van der Waals surface area (Å²) in [7, 11) is -2.16. The molecule has 0 spiro atoms. The van der Waals surface area contributed by atoms with E-state index < -0.39 is 15.9 Å². The van der Waals surface area contributed by atoms with Crippen LogP contribution in [0.2, 0.25) is 0 Å². The second kappa shape index (κ2) is 9.99. The summed E-state index contributed by atoms with van der Waals surface area (Å²) >= 11 is 0. The first kappa shape index (κ1) is 22.2. The van der Waals surface area contributed by atoms with Crippen LogP contribution in [0.5, 0.6) is 17.2 Å². The van der Waals surface area contributed by atoms with Crippen LogP contribution in [-0.4, -0.2) is 34.2 Å². The number of nitrogens with zero attached hydrogens (tertiary/aromatic N) is 1. The molecule has 0 radical (unpaired) electrons. The van der Waals surface area contributed by atoms with Gasteiger partial charge in [0.1, 0.15) is 18.0 Å². The van der Waals surface area contributed by atoms with E-state index in [0.29, 0.717) is 17.2 Å². The van der Waals surface area contributed by atoms with Crippen LogP contribution in [0.25, 0.3) is 0 Å². The third-order valence-electron chi connectivity index (χ3n) is 4.44. The van der Waals surface area contributed by atoms with Crippen LogP contribution in [0, 0.1) is 0 Å². The summed E-state index contributed by atoms with van der Waals surface area (Å²) in [4.78, 5) is 12.6. The molecule has 3 aromatic carbocycles. The summed E-state index contributed by atoms with van der Waals surface area (Å²) in [5.41, 5.74) is 1.15. The zero-order valence-electron chi connectivity index (χ0n) is 17.3. The van der Waals surface area contributed by atoms with Crippen molar-refractivity contribution in [2.24, 2.45) is 0 Å². The number of carbonyl (C=O) groups is 1. The monoisotopic (exact) mass is 440 g/mol. The van der Waals surface area contributed by atoms with Gasteiger partial charge in [-0.05, 0) is 42.0 Å². The summed E-state index contributed by atoms with van der Waals surface area (Å²) in [6.45, 7) is -0.104. The highest BCUT2D eigenvalue weighted by atomic mass is 32.2. The summed E-state index contributed by atoms with van der Waals surface area (Å²) in [5, 5.41) is 2.75.